The van der Waals surface area contributed by atoms with Gasteiger partial charge in [-0.05, 0) is 51.8 Å². The first kappa shape index (κ1) is 16.1. The summed E-state index contributed by atoms with van der Waals surface area (Å²) in [4.78, 5) is 14.0. The highest BCUT2D eigenvalue weighted by Gasteiger charge is 2.13. The Kier molecular flexibility index (Phi) is 5.14. The summed E-state index contributed by atoms with van der Waals surface area (Å²) in [6.07, 6.45) is 0. The van der Waals surface area contributed by atoms with Gasteiger partial charge in [-0.3, -0.25) is 4.79 Å². The van der Waals surface area contributed by atoms with E-state index in [1.54, 1.807) is 42.3 Å². The van der Waals surface area contributed by atoms with Crippen LogP contribution in [0, 0.1) is 0 Å². The standard InChI is InChI=1S/C15H13BrCl2N2O/c1-20(8-9-2-4-12(17)13(18)6-9)15(21)10-3-5-14(19)11(16)7-10/h2-7H,8,19H2,1H3. The quantitative estimate of drug-likeness (QED) is 0.781. The monoisotopic (exact) mass is 386 g/mol. The number of nitrogens with two attached hydrogens (primary N) is 1. The van der Waals surface area contributed by atoms with Gasteiger partial charge >= 0.3 is 0 Å². The third kappa shape index (κ3) is 3.90. The molecule has 0 spiro atoms. The minimum absolute atomic E-state index is 0.0956. The summed E-state index contributed by atoms with van der Waals surface area (Å²) in [5, 5.41) is 0.974. The number of amides is 1. The number of nitrogen functional groups attached to an aromatic ring is 1. The van der Waals surface area contributed by atoms with Gasteiger partial charge in [0, 0.05) is 29.3 Å². The molecule has 0 aliphatic rings. The summed E-state index contributed by atoms with van der Waals surface area (Å²) in [5.74, 6) is -0.0956. The molecule has 0 saturated carbocycles. The van der Waals surface area contributed by atoms with Gasteiger partial charge in [0.1, 0.15) is 0 Å². The summed E-state index contributed by atoms with van der Waals surface area (Å²) in [6.45, 7) is 0.442. The van der Waals surface area contributed by atoms with E-state index >= 15 is 0 Å². The molecule has 2 rings (SSSR count). The van der Waals surface area contributed by atoms with Crippen LogP contribution in [0.4, 0.5) is 5.69 Å². The van der Waals surface area contributed by atoms with Gasteiger partial charge in [-0.15, -0.1) is 0 Å². The predicted octanol–water partition coefficient (Wildman–Crippen LogP) is 4.61. The van der Waals surface area contributed by atoms with Crippen LogP contribution in [0.5, 0.6) is 0 Å². The molecule has 2 N–H and O–H groups in total. The van der Waals surface area contributed by atoms with E-state index in [9.17, 15) is 4.79 Å². The molecule has 0 fully saturated rings. The molecule has 0 aromatic heterocycles. The minimum atomic E-state index is -0.0956. The fourth-order valence-electron chi connectivity index (χ4n) is 1.86. The molecule has 2 aromatic carbocycles. The normalized spacial score (nSPS) is 10.5. The molecule has 110 valence electrons. The summed E-state index contributed by atoms with van der Waals surface area (Å²) in [5.41, 5.74) is 7.80. The first-order chi connectivity index (χ1) is 9.88. The van der Waals surface area contributed by atoms with E-state index in [0.717, 1.165) is 5.56 Å². The lowest BCUT2D eigenvalue weighted by atomic mass is 10.1. The van der Waals surface area contributed by atoms with Crippen molar-refractivity contribution in [2.75, 3.05) is 12.8 Å². The Morgan fingerprint density at radius 3 is 2.52 bits per heavy atom. The fourth-order valence-corrected chi connectivity index (χ4v) is 2.56. The van der Waals surface area contributed by atoms with Gasteiger partial charge in [-0.25, -0.2) is 0 Å². The van der Waals surface area contributed by atoms with Crippen LogP contribution in [0.3, 0.4) is 0 Å². The van der Waals surface area contributed by atoms with Crippen molar-refractivity contribution in [3.8, 4) is 0 Å². The van der Waals surface area contributed by atoms with Gasteiger partial charge in [0.25, 0.3) is 5.91 Å². The van der Waals surface area contributed by atoms with E-state index in [2.05, 4.69) is 15.9 Å². The van der Waals surface area contributed by atoms with Gasteiger partial charge in [-0.1, -0.05) is 29.3 Å². The summed E-state index contributed by atoms with van der Waals surface area (Å²) >= 11 is 15.2. The van der Waals surface area contributed by atoms with Crippen LogP contribution in [-0.2, 0) is 6.54 Å². The van der Waals surface area contributed by atoms with Crippen LogP contribution in [0.25, 0.3) is 0 Å². The molecule has 0 heterocycles. The number of nitrogens with zero attached hydrogens (tertiary/aromatic N) is 1. The second-order valence-electron chi connectivity index (χ2n) is 4.65. The highest BCUT2D eigenvalue weighted by molar-refractivity contribution is 9.10. The zero-order chi connectivity index (χ0) is 15.6. The predicted molar refractivity (Wildman–Crippen MR) is 90.8 cm³/mol. The summed E-state index contributed by atoms with van der Waals surface area (Å²) in [6, 6.07) is 10.4. The summed E-state index contributed by atoms with van der Waals surface area (Å²) < 4.78 is 0.705. The molecule has 0 bridgehead atoms. The fraction of sp³-hybridized carbons (Fsp3) is 0.133. The van der Waals surface area contributed by atoms with Crippen molar-refractivity contribution in [3.63, 3.8) is 0 Å². The molecular formula is C15H13BrCl2N2O. The number of anilines is 1. The van der Waals surface area contributed by atoms with E-state index in [1.165, 1.54) is 0 Å². The van der Waals surface area contributed by atoms with Crippen molar-refractivity contribution >= 4 is 50.7 Å². The van der Waals surface area contributed by atoms with Crippen LogP contribution in [0.1, 0.15) is 15.9 Å². The maximum absolute atomic E-state index is 12.4. The van der Waals surface area contributed by atoms with Gasteiger partial charge in [0.05, 0.1) is 10.0 Å². The number of carbonyl (C=O) groups excluding carboxylic acids is 1. The van der Waals surface area contributed by atoms with Crippen molar-refractivity contribution in [1.82, 2.24) is 4.90 Å². The van der Waals surface area contributed by atoms with Crippen LogP contribution in [0.15, 0.2) is 40.9 Å². The second-order valence-corrected chi connectivity index (χ2v) is 6.31. The highest BCUT2D eigenvalue weighted by Crippen LogP contribution is 2.24. The highest BCUT2D eigenvalue weighted by atomic mass is 79.9. The van der Waals surface area contributed by atoms with E-state index < -0.39 is 0 Å². The Balaban J connectivity index is 2.15. The molecule has 2 aromatic rings. The van der Waals surface area contributed by atoms with Gasteiger partial charge in [-0.2, -0.15) is 0 Å². The van der Waals surface area contributed by atoms with Crippen molar-refractivity contribution in [2.24, 2.45) is 0 Å². The largest absolute Gasteiger partial charge is 0.398 e. The first-order valence-corrected chi connectivity index (χ1v) is 7.68. The molecule has 3 nitrogen and oxygen atoms in total. The molecule has 0 aliphatic heterocycles. The van der Waals surface area contributed by atoms with Gasteiger partial charge < -0.3 is 10.6 Å². The minimum Gasteiger partial charge on any atom is -0.398 e. The average Bonchev–Trinajstić information content (AvgIpc) is 2.45. The van der Waals surface area contributed by atoms with Crippen molar-refractivity contribution < 1.29 is 4.79 Å². The molecule has 0 saturated heterocycles. The van der Waals surface area contributed by atoms with Crippen LogP contribution >= 0.6 is 39.1 Å². The van der Waals surface area contributed by atoms with E-state index in [0.29, 0.717) is 32.3 Å². The lowest BCUT2D eigenvalue weighted by Gasteiger charge is -2.18. The Morgan fingerprint density at radius 2 is 1.90 bits per heavy atom. The Morgan fingerprint density at radius 1 is 1.19 bits per heavy atom. The molecule has 1 amide bonds. The number of halogens is 3. The van der Waals surface area contributed by atoms with Crippen LogP contribution in [-0.4, -0.2) is 17.9 Å². The zero-order valence-electron chi connectivity index (χ0n) is 11.2. The second kappa shape index (κ2) is 6.69. The molecule has 0 radical (unpaired) electrons. The zero-order valence-corrected chi connectivity index (χ0v) is 14.3. The number of hydrogen-bond acceptors (Lipinski definition) is 2. The SMILES string of the molecule is CN(Cc1ccc(Cl)c(Cl)c1)C(=O)c1ccc(N)c(Br)c1. The van der Waals surface area contributed by atoms with E-state index in [-0.39, 0.29) is 5.91 Å². The first-order valence-electron chi connectivity index (χ1n) is 6.13. The third-order valence-electron chi connectivity index (χ3n) is 3.00. The molecule has 0 aliphatic carbocycles. The maximum atomic E-state index is 12.4. The average molecular weight is 388 g/mol. The van der Waals surface area contributed by atoms with Crippen molar-refractivity contribution in [3.05, 3.63) is 62.0 Å². The topological polar surface area (TPSA) is 46.3 Å². The van der Waals surface area contributed by atoms with Crippen molar-refractivity contribution in [2.45, 2.75) is 6.54 Å². The maximum Gasteiger partial charge on any atom is 0.253 e. The van der Waals surface area contributed by atoms with Crippen LogP contribution < -0.4 is 5.73 Å². The number of rotatable bonds is 3. The van der Waals surface area contributed by atoms with Gasteiger partial charge in [0.15, 0.2) is 0 Å². The molecule has 0 atom stereocenters. The Bertz CT molecular complexity index is 691. The molecule has 0 unspecified atom stereocenters. The number of hydrogen-bond donors (Lipinski definition) is 1. The third-order valence-corrected chi connectivity index (χ3v) is 4.42. The van der Waals surface area contributed by atoms with Gasteiger partial charge in [0.2, 0.25) is 0 Å². The number of carbonyl (C=O) groups is 1. The van der Waals surface area contributed by atoms with Crippen molar-refractivity contribution in [1.29, 1.82) is 0 Å². The lowest BCUT2D eigenvalue weighted by molar-refractivity contribution is 0.0785. The number of benzene rings is 2. The smallest absolute Gasteiger partial charge is 0.253 e. The summed E-state index contributed by atoms with van der Waals surface area (Å²) in [7, 11) is 1.73. The molecule has 6 heteroatoms. The molecular weight excluding hydrogens is 375 g/mol. The molecule has 21 heavy (non-hydrogen) atoms. The van der Waals surface area contributed by atoms with E-state index in [1.807, 2.05) is 6.07 Å². The Hall–Kier alpha value is -1.23. The van der Waals surface area contributed by atoms with E-state index in [4.69, 9.17) is 28.9 Å². The lowest BCUT2D eigenvalue weighted by Crippen LogP contribution is -2.26. The van der Waals surface area contributed by atoms with Crippen LogP contribution in [0.2, 0.25) is 10.0 Å². The Labute approximate surface area is 141 Å².